The van der Waals surface area contributed by atoms with Crippen LogP contribution in [0.25, 0.3) is 16.7 Å². The molecule has 1 saturated heterocycles. The Balaban J connectivity index is 1.25. The van der Waals surface area contributed by atoms with Crippen molar-refractivity contribution in [2.24, 2.45) is 0 Å². The minimum atomic E-state index is -2.76. The summed E-state index contributed by atoms with van der Waals surface area (Å²) in [6.07, 6.45) is 2.79. The Hall–Kier alpha value is -4.00. The number of fused-ring (bicyclic) bond motifs is 1. The SMILES string of the molecule is Cc1cnn([C@H](CC(=O)N2CCC(O)(Cn3cnc4c(cnn4-c4ccc(F)cc4)c3=O)CC2)C(F)F)c1. The van der Waals surface area contributed by atoms with Crippen LogP contribution in [0.5, 0.6) is 0 Å². The van der Waals surface area contributed by atoms with Crippen LogP contribution < -0.4 is 5.56 Å². The fourth-order valence-corrected chi connectivity index (χ4v) is 4.70. The highest BCUT2D eigenvalue weighted by Gasteiger charge is 2.36. The maximum Gasteiger partial charge on any atom is 0.264 e. The van der Waals surface area contributed by atoms with Crippen LogP contribution >= 0.6 is 0 Å². The summed E-state index contributed by atoms with van der Waals surface area (Å²) < 4.78 is 44.3. The molecule has 0 bridgehead atoms. The predicted octanol–water partition coefficient (Wildman–Crippen LogP) is 2.48. The van der Waals surface area contributed by atoms with Gasteiger partial charge in [0.25, 0.3) is 12.0 Å². The van der Waals surface area contributed by atoms with Crippen molar-refractivity contribution in [1.29, 1.82) is 0 Å². The Morgan fingerprint density at radius 3 is 2.47 bits per heavy atom. The van der Waals surface area contributed by atoms with E-state index in [2.05, 4.69) is 15.2 Å². The molecule has 1 amide bonds. The first-order valence-electron chi connectivity index (χ1n) is 12.1. The first-order valence-corrected chi connectivity index (χ1v) is 12.1. The summed E-state index contributed by atoms with van der Waals surface area (Å²) in [5.74, 6) is -0.845. The number of halogens is 3. The summed E-state index contributed by atoms with van der Waals surface area (Å²) in [7, 11) is 0. The second-order valence-corrected chi connectivity index (χ2v) is 9.66. The molecule has 4 heterocycles. The smallest absolute Gasteiger partial charge is 0.264 e. The average Bonchev–Trinajstić information content (AvgIpc) is 3.51. The average molecular weight is 530 g/mol. The molecule has 1 aliphatic rings. The molecule has 0 aliphatic carbocycles. The van der Waals surface area contributed by atoms with Gasteiger partial charge in [0.15, 0.2) is 5.65 Å². The molecule has 1 N–H and O–H groups in total. The highest BCUT2D eigenvalue weighted by molar-refractivity contribution is 5.77. The first kappa shape index (κ1) is 25.6. The minimum absolute atomic E-state index is 0.0508. The first-order chi connectivity index (χ1) is 18.1. The van der Waals surface area contributed by atoms with Crippen molar-refractivity contribution in [3.8, 4) is 5.69 Å². The Bertz CT molecular complexity index is 1500. The maximum atomic E-state index is 13.6. The Labute approximate surface area is 214 Å². The number of hydrogen-bond donors (Lipinski definition) is 1. The highest BCUT2D eigenvalue weighted by Crippen LogP contribution is 2.27. The van der Waals surface area contributed by atoms with Gasteiger partial charge in [-0.2, -0.15) is 10.2 Å². The number of carbonyl (C=O) groups excluding carboxylic acids is 1. The van der Waals surface area contributed by atoms with Crippen LogP contribution in [0.4, 0.5) is 13.2 Å². The summed E-state index contributed by atoms with van der Waals surface area (Å²) in [6.45, 7) is 2.01. The molecule has 3 aromatic heterocycles. The maximum absolute atomic E-state index is 13.6. The number of amides is 1. The van der Waals surface area contributed by atoms with Crippen molar-refractivity contribution in [1.82, 2.24) is 34.0 Å². The second-order valence-electron chi connectivity index (χ2n) is 9.66. The largest absolute Gasteiger partial charge is 0.388 e. The number of benzene rings is 1. The monoisotopic (exact) mass is 529 g/mol. The molecular weight excluding hydrogens is 503 g/mol. The Morgan fingerprint density at radius 2 is 1.84 bits per heavy atom. The van der Waals surface area contributed by atoms with Crippen molar-refractivity contribution in [3.63, 3.8) is 0 Å². The summed E-state index contributed by atoms with van der Waals surface area (Å²) in [5.41, 5.74) is -0.129. The lowest BCUT2D eigenvalue weighted by atomic mass is 9.91. The van der Waals surface area contributed by atoms with Crippen LogP contribution in [0.15, 0.2) is 54.0 Å². The third kappa shape index (κ3) is 5.05. The van der Waals surface area contributed by atoms with Crippen molar-refractivity contribution in [2.75, 3.05) is 13.1 Å². The van der Waals surface area contributed by atoms with E-state index in [0.29, 0.717) is 11.3 Å². The lowest BCUT2D eigenvalue weighted by Crippen LogP contribution is -2.50. The molecule has 5 rings (SSSR count). The molecule has 0 spiro atoms. The van der Waals surface area contributed by atoms with E-state index in [9.17, 15) is 27.9 Å². The number of nitrogens with zero attached hydrogens (tertiary/aromatic N) is 7. The number of alkyl halides is 2. The number of carbonyl (C=O) groups is 1. The zero-order valence-electron chi connectivity index (χ0n) is 20.5. The fraction of sp³-hybridized carbons (Fsp3) is 0.400. The van der Waals surface area contributed by atoms with E-state index in [4.69, 9.17) is 0 Å². The molecule has 38 heavy (non-hydrogen) atoms. The Kier molecular flexibility index (Phi) is 6.78. The Morgan fingerprint density at radius 1 is 1.13 bits per heavy atom. The number of aromatic nitrogens is 6. The van der Waals surface area contributed by atoms with Gasteiger partial charge in [-0.15, -0.1) is 0 Å². The molecule has 1 fully saturated rings. The van der Waals surface area contributed by atoms with E-state index in [1.807, 2.05) is 0 Å². The number of likely N-dealkylation sites (tertiary alicyclic amines) is 1. The van der Waals surface area contributed by atoms with Crippen LogP contribution in [0.3, 0.4) is 0 Å². The number of rotatable bonds is 7. The molecule has 10 nitrogen and oxygen atoms in total. The van der Waals surface area contributed by atoms with Crippen LogP contribution in [-0.2, 0) is 11.3 Å². The molecule has 1 aromatic carbocycles. The lowest BCUT2D eigenvalue weighted by molar-refractivity contribution is -0.138. The number of hydrogen-bond acceptors (Lipinski definition) is 6. The van der Waals surface area contributed by atoms with E-state index < -0.39 is 41.8 Å². The van der Waals surface area contributed by atoms with Crippen LogP contribution in [0.1, 0.15) is 30.9 Å². The van der Waals surface area contributed by atoms with E-state index in [-0.39, 0.29) is 37.9 Å². The molecule has 0 saturated carbocycles. The molecule has 4 aromatic rings. The predicted molar refractivity (Wildman–Crippen MR) is 130 cm³/mol. The number of aliphatic hydroxyl groups is 1. The molecule has 200 valence electrons. The van der Waals surface area contributed by atoms with Crippen molar-refractivity contribution < 1.29 is 23.1 Å². The summed E-state index contributed by atoms with van der Waals surface area (Å²) in [6, 6.07) is 4.23. The molecule has 0 radical (unpaired) electrons. The van der Waals surface area contributed by atoms with Gasteiger partial charge >= 0.3 is 0 Å². The van der Waals surface area contributed by atoms with Gasteiger partial charge in [-0.25, -0.2) is 22.8 Å². The summed E-state index contributed by atoms with van der Waals surface area (Å²) in [5, 5.41) is 19.5. The van der Waals surface area contributed by atoms with Gasteiger partial charge in [0.1, 0.15) is 23.6 Å². The van der Waals surface area contributed by atoms with Crippen LogP contribution in [0.2, 0.25) is 0 Å². The molecule has 1 aliphatic heterocycles. The van der Waals surface area contributed by atoms with E-state index >= 15 is 0 Å². The van der Waals surface area contributed by atoms with Crippen molar-refractivity contribution >= 4 is 16.9 Å². The minimum Gasteiger partial charge on any atom is -0.388 e. The second kappa shape index (κ2) is 10.0. The number of aryl methyl sites for hydroxylation is 1. The zero-order valence-corrected chi connectivity index (χ0v) is 20.5. The van der Waals surface area contributed by atoms with Crippen molar-refractivity contribution in [3.05, 3.63) is 70.9 Å². The number of piperidine rings is 1. The molecule has 13 heteroatoms. The van der Waals surface area contributed by atoms with Gasteiger partial charge in [0.05, 0.1) is 36.6 Å². The topological polar surface area (TPSA) is 111 Å². The van der Waals surface area contributed by atoms with Gasteiger partial charge in [0, 0.05) is 19.3 Å². The zero-order chi connectivity index (χ0) is 27.0. The quantitative estimate of drug-likeness (QED) is 0.394. The third-order valence-corrected chi connectivity index (χ3v) is 6.88. The molecular formula is C25H26F3N7O3. The van der Waals surface area contributed by atoms with E-state index in [1.165, 1.54) is 63.3 Å². The lowest BCUT2D eigenvalue weighted by Gasteiger charge is -2.38. The summed E-state index contributed by atoms with van der Waals surface area (Å²) in [4.78, 5) is 31.7. The third-order valence-electron chi connectivity index (χ3n) is 6.88. The van der Waals surface area contributed by atoms with Gasteiger partial charge in [-0.1, -0.05) is 0 Å². The van der Waals surface area contributed by atoms with Crippen LogP contribution in [0, 0.1) is 12.7 Å². The van der Waals surface area contributed by atoms with Gasteiger partial charge in [0.2, 0.25) is 5.91 Å². The van der Waals surface area contributed by atoms with Crippen molar-refractivity contribution in [2.45, 2.75) is 50.8 Å². The van der Waals surface area contributed by atoms with E-state index in [1.54, 1.807) is 6.92 Å². The molecule has 0 unspecified atom stereocenters. The summed E-state index contributed by atoms with van der Waals surface area (Å²) >= 11 is 0. The van der Waals surface area contributed by atoms with E-state index in [0.717, 1.165) is 10.2 Å². The normalized spacial score (nSPS) is 16.3. The molecule has 1 atom stereocenters. The van der Waals surface area contributed by atoms with Gasteiger partial charge in [-0.05, 0) is 49.6 Å². The highest BCUT2D eigenvalue weighted by atomic mass is 19.3. The van der Waals surface area contributed by atoms with Crippen LogP contribution in [-0.4, -0.2) is 70.1 Å². The fourth-order valence-electron chi connectivity index (χ4n) is 4.70. The van der Waals surface area contributed by atoms with Gasteiger partial charge in [-0.3, -0.25) is 18.8 Å². The standard InChI is InChI=1S/C25H26F3N7O3/c1-16-11-30-34(13-16)20(22(27)28)10-21(36)32-8-6-25(38,7-9-32)14-33-15-29-23-19(24(33)37)12-31-35(23)18-4-2-17(26)3-5-18/h2-5,11-13,15,20,22,38H,6-10,14H2,1H3/t20-/m1/s1. The van der Waals surface area contributed by atoms with Gasteiger partial charge < -0.3 is 10.0 Å².